The number of para-hydroxylation sites is 2. The van der Waals surface area contributed by atoms with Gasteiger partial charge in [0.05, 0.1) is 5.69 Å². The minimum absolute atomic E-state index is 0.227. The van der Waals surface area contributed by atoms with Gasteiger partial charge in [-0.15, -0.1) is 0 Å². The molecular formula is C49H47NO. The van der Waals surface area contributed by atoms with Gasteiger partial charge in [-0.3, -0.25) is 0 Å². The van der Waals surface area contributed by atoms with Crippen molar-refractivity contribution in [3.05, 3.63) is 174 Å². The molecule has 51 heavy (non-hydrogen) atoms. The number of hydrogen-bond acceptors (Lipinski definition) is 2. The van der Waals surface area contributed by atoms with Gasteiger partial charge in [0.15, 0.2) is 5.58 Å². The van der Waals surface area contributed by atoms with Crippen molar-refractivity contribution in [1.29, 1.82) is 0 Å². The second kappa shape index (κ2) is 13.1. The fraction of sp³-hybridized carbons (Fsp3) is 0.224. The second-order valence-electron chi connectivity index (χ2n) is 14.9. The Labute approximate surface area is 302 Å². The summed E-state index contributed by atoms with van der Waals surface area (Å²) in [6, 6.07) is 35.3. The first-order chi connectivity index (χ1) is 24.8. The Morgan fingerprint density at radius 2 is 1.59 bits per heavy atom. The number of hydrogen-bond donors (Lipinski definition) is 0. The van der Waals surface area contributed by atoms with Crippen LogP contribution in [0, 0.1) is 6.92 Å². The summed E-state index contributed by atoms with van der Waals surface area (Å²) in [7, 11) is 0. The second-order valence-corrected chi connectivity index (χ2v) is 14.9. The fourth-order valence-corrected chi connectivity index (χ4v) is 8.96. The first-order valence-corrected chi connectivity index (χ1v) is 18.6. The average Bonchev–Trinajstić information content (AvgIpc) is 3.65. The Morgan fingerprint density at radius 3 is 2.35 bits per heavy atom. The maximum Gasteiger partial charge on any atom is 0.159 e. The zero-order valence-electron chi connectivity index (χ0n) is 30.4. The largest absolute Gasteiger partial charge is 0.454 e. The summed E-state index contributed by atoms with van der Waals surface area (Å²) in [5.41, 5.74) is 13.4. The highest BCUT2D eigenvalue weighted by Crippen LogP contribution is 2.52. The molecule has 0 bridgehead atoms. The summed E-state index contributed by atoms with van der Waals surface area (Å²) in [5, 5.41) is 4.81. The van der Waals surface area contributed by atoms with Gasteiger partial charge < -0.3 is 9.32 Å². The van der Waals surface area contributed by atoms with Crippen molar-refractivity contribution in [3.8, 4) is 0 Å². The molecule has 0 aliphatic heterocycles. The number of rotatable bonds is 8. The van der Waals surface area contributed by atoms with Gasteiger partial charge in [0.1, 0.15) is 5.58 Å². The van der Waals surface area contributed by atoms with Crippen LogP contribution in [0.25, 0.3) is 38.3 Å². The first kappa shape index (κ1) is 32.8. The molecule has 2 nitrogen and oxygen atoms in total. The van der Waals surface area contributed by atoms with Gasteiger partial charge in [0, 0.05) is 27.6 Å². The van der Waals surface area contributed by atoms with Crippen molar-refractivity contribution < 1.29 is 4.42 Å². The quantitative estimate of drug-likeness (QED) is 0.150. The molecule has 0 unspecified atom stereocenters. The molecule has 0 atom stereocenters. The number of furan rings is 1. The summed E-state index contributed by atoms with van der Waals surface area (Å²) >= 11 is 0. The molecular weight excluding hydrogens is 619 g/mol. The predicted molar refractivity (Wildman–Crippen MR) is 219 cm³/mol. The standard InChI is InChI=1S/C49H47NO/c1-7-34(46-39(8-2)42-30-26-37-31-32(3)21-29-40(37)47(42)49(46,5)6)23-22-33(4)50(38-27-24-36(25-28-38)35-15-10-9-11-16-35)44-19-14-18-43-41-17-12-13-20-45(41)51-48(43)44/h7-8,12-14,17-31,35H,2,4,9-11,15-16H2,1,3,5-6H3/b23-22-,34-7+. The van der Waals surface area contributed by atoms with Crippen LogP contribution in [-0.4, -0.2) is 0 Å². The monoisotopic (exact) mass is 665 g/mol. The van der Waals surface area contributed by atoms with E-state index in [1.807, 2.05) is 18.2 Å². The Morgan fingerprint density at radius 1 is 0.824 bits per heavy atom. The summed E-state index contributed by atoms with van der Waals surface area (Å²) in [6.45, 7) is 18.0. The molecule has 1 saturated carbocycles. The van der Waals surface area contributed by atoms with Crippen LogP contribution in [0.5, 0.6) is 0 Å². The van der Waals surface area contributed by atoms with Gasteiger partial charge in [-0.1, -0.05) is 143 Å². The van der Waals surface area contributed by atoms with Gasteiger partial charge in [0.2, 0.25) is 0 Å². The third-order valence-electron chi connectivity index (χ3n) is 11.4. The number of allylic oxidation sites excluding steroid dienone is 7. The van der Waals surface area contributed by atoms with Crippen LogP contribution < -0.4 is 4.90 Å². The van der Waals surface area contributed by atoms with Crippen molar-refractivity contribution in [2.24, 2.45) is 0 Å². The van der Waals surface area contributed by atoms with Crippen LogP contribution in [0.15, 0.2) is 156 Å². The predicted octanol–water partition coefficient (Wildman–Crippen LogP) is 14.2. The Balaban J connectivity index is 1.21. The molecule has 1 fully saturated rings. The highest BCUT2D eigenvalue weighted by molar-refractivity contribution is 6.10. The molecule has 6 aromatic rings. The van der Waals surface area contributed by atoms with E-state index < -0.39 is 0 Å². The third kappa shape index (κ3) is 5.58. The lowest BCUT2D eigenvalue weighted by Gasteiger charge is -2.28. The number of benzene rings is 5. The van der Waals surface area contributed by atoms with E-state index in [0.29, 0.717) is 5.92 Å². The maximum absolute atomic E-state index is 6.58. The Kier molecular flexibility index (Phi) is 8.43. The Hall–Kier alpha value is -5.34. The van der Waals surface area contributed by atoms with E-state index in [0.717, 1.165) is 39.0 Å². The molecule has 2 aliphatic rings. The molecule has 8 rings (SSSR count). The molecule has 2 heteroatoms. The molecule has 0 spiro atoms. The molecule has 5 aromatic carbocycles. The smallest absolute Gasteiger partial charge is 0.159 e. The summed E-state index contributed by atoms with van der Waals surface area (Å²) in [4.78, 5) is 2.26. The highest BCUT2D eigenvalue weighted by atomic mass is 16.3. The van der Waals surface area contributed by atoms with E-state index in [4.69, 9.17) is 11.0 Å². The van der Waals surface area contributed by atoms with Crippen LogP contribution in [0.1, 0.15) is 81.0 Å². The van der Waals surface area contributed by atoms with Crippen LogP contribution in [0.4, 0.5) is 11.4 Å². The van der Waals surface area contributed by atoms with Gasteiger partial charge in [0.25, 0.3) is 0 Å². The maximum atomic E-state index is 6.58. The highest BCUT2D eigenvalue weighted by Gasteiger charge is 2.39. The summed E-state index contributed by atoms with van der Waals surface area (Å²) < 4.78 is 6.58. The van der Waals surface area contributed by atoms with E-state index in [-0.39, 0.29) is 5.41 Å². The third-order valence-corrected chi connectivity index (χ3v) is 11.4. The molecule has 1 aromatic heterocycles. The lowest BCUT2D eigenvalue weighted by molar-refractivity contribution is 0.443. The lowest BCUT2D eigenvalue weighted by atomic mass is 9.76. The van der Waals surface area contributed by atoms with Crippen molar-refractivity contribution >= 4 is 49.7 Å². The molecule has 0 saturated heterocycles. The molecule has 0 radical (unpaired) electrons. The number of nitrogens with zero attached hydrogens (tertiary/aromatic N) is 1. The SMILES string of the molecule is C=CC1=C(C(/C=C\C(=C)N(c2ccc(C3CCCCC3)cc2)c2cccc3c2oc2ccccc23)=C/C)C(C)(C)c2c1ccc1cc(C)ccc21. The number of anilines is 2. The molecule has 0 N–H and O–H groups in total. The summed E-state index contributed by atoms with van der Waals surface area (Å²) in [6.07, 6.45) is 15.2. The van der Waals surface area contributed by atoms with E-state index in [9.17, 15) is 0 Å². The molecule has 0 amide bonds. The van der Waals surface area contributed by atoms with Crippen molar-refractivity contribution in [2.75, 3.05) is 4.90 Å². The lowest BCUT2D eigenvalue weighted by Crippen LogP contribution is -2.19. The zero-order chi connectivity index (χ0) is 35.3. The van der Waals surface area contributed by atoms with Crippen LogP contribution in [0.2, 0.25) is 0 Å². The molecule has 2 aliphatic carbocycles. The molecule has 254 valence electrons. The minimum Gasteiger partial charge on any atom is -0.454 e. The minimum atomic E-state index is -0.227. The van der Waals surface area contributed by atoms with Gasteiger partial charge in [-0.05, 0) is 107 Å². The van der Waals surface area contributed by atoms with Crippen molar-refractivity contribution in [3.63, 3.8) is 0 Å². The molecule has 1 heterocycles. The van der Waals surface area contributed by atoms with Crippen molar-refractivity contribution in [2.45, 2.75) is 71.1 Å². The summed E-state index contributed by atoms with van der Waals surface area (Å²) in [5.74, 6) is 0.646. The number of aryl methyl sites for hydroxylation is 1. The first-order valence-electron chi connectivity index (χ1n) is 18.6. The van der Waals surface area contributed by atoms with Crippen molar-refractivity contribution in [1.82, 2.24) is 0 Å². The van der Waals surface area contributed by atoms with Gasteiger partial charge in [-0.25, -0.2) is 0 Å². The van der Waals surface area contributed by atoms with E-state index >= 15 is 0 Å². The zero-order valence-corrected chi connectivity index (χ0v) is 30.4. The topological polar surface area (TPSA) is 16.4 Å². The van der Waals surface area contributed by atoms with Crippen LogP contribution >= 0.6 is 0 Å². The van der Waals surface area contributed by atoms with E-state index in [1.54, 1.807) is 0 Å². The van der Waals surface area contributed by atoms with E-state index in [1.165, 1.54) is 81.8 Å². The van der Waals surface area contributed by atoms with Crippen LogP contribution in [-0.2, 0) is 5.41 Å². The van der Waals surface area contributed by atoms with Gasteiger partial charge >= 0.3 is 0 Å². The van der Waals surface area contributed by atoms with Crippen LogP contribution in [0.3, 0.4) is 0 Å². The normalized spacial score (nSPS) is 16.4. The Bertz CT molecular complexity index is 2420. The van der Waals surface area contributed by atoms with Gasteiger partial charge in [-0.2, -0.15) is 0 Å². The fourth-order valence-electron chi connectivity index (χ4n) is 8.96. The average molecular weight is 666 g/mol. The van der Waals surface area contributed by atoms with E-state index in [2.05, 4.69) is 142 Å². The number of fused-ring (bicyclic) bond motifs is 6.